The lowest BCUT2D eigenvalue weighted by Gasteiger charge is -2.07. The van der Waals surface area contributed by atoms with Crippen molar-refractivity contribution in [3.05, 3.63) is 47.5 Å². The number of hydrogen-bond donors (Lipinski definition) is 1. The molecule has 0 unspecified atom stereocenters. The molecule has 0 spiro atoms. The molecule has 1 N–H and O–H groups in total. The highest BCUT2D eigenvalue weighted by Crippen LogP contribution is 2.28. The number of hydrogen-bond acceptors (Lipinski definition) is 8. The first-order valence-corrected chi connectivity index (χ1v) is 8.90. The molecule has 3 aromatic rings. The van der Waals surface area contributed by atoms with Gasteiger partial charge >= 0.3 is 5.97 Å². The van der Waals surface area contributed by atoms with Crippen LogP contribution in [0.3, 0.4) is 0 Å². The van der Waals surface area contributed by atoms with E-state index in [2.05, 4.69) is 40.5 Å². The van der Waals surface area contributed by atoms with E-state index < -0.39 is 16.0 Å². The first-order valence-electron chi connectivity index (χ1n) is 6.62. The molecule has 0 bridgehead atoms. The number of furan rings is 1. The SMILES string of the molecule is COC(=O)c1cc(S(=O)(=O)Nc2ccc(-n3cncn3)nc2)c(Br)o1. The highest BCUT2D eigenvalue weighted by Gasteiger charge is 2.25. The number of carbonyl (C=O) groups is 1. The summed E-state index contributed by atoms with van der Waals surface area (Å²) in [7, 11) is -2.84. The van der Waals surface area contributed by atoms with Crippen molar-refractivity contribution in [2.24, 2.45) is 0 Å². The second-order valence-corrected chi connectivity index (χ2v) is 6.96. The van der Waals surface area contributed by atoms with Gasteiger partial charge in [-0.05, 0) is 28.1 Å². The average Bonchev–Trinajstić information content (AvgIpc) is 3.24. The third-order valence-corrected chi connectivity index (χ3v) is 5.22. The highest BCUT2D eigenvalue weighted by atomic mass is 79.9. The zero-order valence-electron chi connectivity index (χ0n) is 12.6. The van der Waals surface area contributed by atoms with Crippen molar-refractivity contribution < 1.29 is 22.4 Å². The summed E-state index contributed by atoms with van der Waals surface area (Å²) in [6.45, 7) is 0. The molecule has 10 nitrogen and oxygen atoms in total. The van der Waals surface area contributed by atoms with Gasteiger partial charge in [-0.2, -0.15) is 5.10 Å². The van der Waals surface area contributed by atoms with Crippen LogP contribution < -0.4 is 4.72 Å². The average molecular weight is 428 g/mol. The number of carbonyl (C=O) groups excluding carboxylic acids is 1. The van der Waals surface area contributed by atoms with Crippen LogP contribution in [-0.2, 0) is 14.8 Å². The third kappa shape index (κ3) is 3.53. The molecule has 0 atom stereocenters. The molecule has 0 aliphatic heterocycles. The maximum atomic E-state index is 12.5. The Morgan fingerprint density at radius 1 is 1.40 bits per heavy atom. The van der Waals surface area contributed by atoms with Gasteiger partial charge in [0, 0.05) is 6.07 Å². The van der Waals surface area contributed by atoms with E-state index >= 15 is 0 Å². The Hall–Kier alpha value is -2.73. The summed E-state index contributed by atoms with van der Waals surface area (Å²) in [4.78, 5) is 19.1. The fourth-order valence-corrected chi connectivity index (χ4v) is 3.84. The number of methoxy groups -OCH3 is 1. The quantitative estimate of drug-likeness (QED) is 0.607. The minimum absolute atomic E-state index is 0.118. The lowest BCUT2D eigenvalue weighted by molar-refractivity contribution is 0.0563. The molecule has 0 fully saturated rings. The second-order valence-electron chi connectivity index (χ2n) is 4.59. The van der Waals surface area contributed by atoms with Gasteiger partial charge in [0.25, 0.3) is 10.0 Å². The highest BCUT2D eigenvalue weighted by molar-refractivity contribution is 9.10. The van der Waals surface area contributed by atoms with Crippen molar-refractivity contribution in [2.75, 3.05) is 11.8 Å². The summed E-state index contributed by atoms with van der Waals surface area (Å²) in [5.41, 5.74) is 0.219. The topological polar surface area (TPSA) is 129 Å². The van der Waals surface area contributed by atoms with Crippen molar-refractivity contribution in [1.29, 1.82) is 0 Å². The normalized spacial score (nSPS) is 11.3. The predicted molar refractivity (Wildman–Crippen MR) is 87.7 cm³/mol. The van der Waals surface area contributed by atoms with Crippen LogP contribution in [0, 0.1) is 0 Å². The lowest BCUT2D eigenvalue weighted by Crippen LogP contribution is -2.13. The van der Waals surface area contributed by atoms with Gasteiger partial charge in [0.15, 0.2) is 10.5 Å². The molecule has 0 radical (unpaired) electrons. The van der Waals surface area contributed by atoms with Gasteiger partial charge in [0.05, 0.1) is 19.0 Å². The van der Waals surface area contributed by atoms with Crippen LogP contribution in [-0.4, -0.2) is 41.2 Å². The molecular formula is C13H10BrN5O5S. The zero-order valence-corrected chi connectivity index (χ0v) is 15.0. The van der Waals surface area contributed by atoms with Crippen molar-refractivity contribution in [2.45, 2.75) is 4.90 Å². The van der Waals surface area contributed by atoms with E-state index in [1.807, 2.05) is 0 Å². The minimum atomic E-state index is -4.00. The standard InChI is InChI=1S/C13H10BrN5O5S/c1-23-13(20)9-4-10(12(14)24-9)25(21,22)18-8-2-3-11(16-5-8)19-7-15-6-17-19/h2-7,18H,1H3. The molecule has 25 heavy (non-hydrogen) atoms. The van der Waals surface area contributed by atoms with Crippen LogP contribution in [0.15, 0.2) is 51.0 Å². The largest absolute Gasteiger partial charge is 0.463 e. The van der Waals surface area contributed by atoms with Crippen LogP contribution in [0.4, 0.5) is 5.69 Å². The fourth-order valence-electron chi connectivity index (χ4n) is 1.86. The van der Waals surface area contributed by atoms with Gasteiger partial charge in [-0.25, -0.2) is 27.9 Å². The van der Waals surface area contributed by atoms with Crippen molar-refractivity contribution >= 4 is 37.6 Å². The monoisotopic (exact) mass is 427 g/mol. The number of sulfonamides is 1. The Bertz CT molecular complexity index is 998. The van der Waals surface area contributed by atoms with E-state index in [-0.39, 0.29) is 21.0 Å². The molecule has 0 aliphatic carbocycles. The maximum absolute atomic E-state index is 12.5. The Morgan fingerprint density at radius 3 is 2.80 bits per heavy atom. The first kappa shape index (κ1) is 17.1. The summed E-state index contributed by atoms with van der Waals surface area (Å²) in [6.07, 6.45) is 4.14. The minimum Gasteiger partial charge on any atom is -0.463 e. The van der Waals surface area contributed by atoms with E-state index in [1.54, 1.807) is 6.07 Å². The molecular weight excluding hydrogens is 418 g/mol. The predicted octanol–water partition coefficient (Wildman–Crippen LogP) is 1.61. The smallest absolute Gasteiger partial charge is 0.374 e. The molecule has 0 saturated heterocycles. The summed E-state index contributed by atoms with van der Waals surface area (Å²) >= 11 is 2.97. The van der Waals surface area contributed by atoms with Gasteiger partial charge in [-0.3, -0.25) is 4.72 Å². The van der Waals surface area contributed by atoms with Gasteiger partial charge in [-0.15, -0.1) is 0 Å². The van der Waals surface area contributed by atoms with Gasteiger partial charge in [-0.1, -0.05) is 0 Å². The molecule has 0 aromatic carbocycles. The van der Waals surface area contributed by atoms with E-state index in [4.69, 9.17) is 4.42 Å². The summed E-state index contributed by atoms with van der Waals surface area (Å²) in [5.74, 6) is -0.562. The molecule has 130 valence electrons. The van der Waals surface area contributed by atoms with Gasteiger partial charge in [0.1, 0.15) is 17.6 Å². The van der Waals surface area contributed by atoms with E-state index in [0.717, 1.165) is 13.2 Å². The van der Waals surface area contributed by atoms with Crippen molar-refractivity contribution in [3.63, 3.8) is 0 Å². The van der Waals surface area contributed by atoms with E-state index in [9.17, 15) is 13.2 Å². The summed E-state index contributed by atoms with van der Waals surface area (Å²) < 4.78 is 38.1. The van der Waals surface area contributed by atoms with Crippen LogP contribution >= 0.6 is 15.9 Å². The summed E-state index contributed by atoms with van der Waals surface area (Å²) in [5, 5.41) is 3.92. The van der Waals surface area contributed by atoms with Crippen LogP contribution in [0.5, 0.6) is 0 Å². The third-order valence-electron chi connectivity index (χ3n) is 2.99. The molecule has 0 amide bonds. The molecule has 12 heteroatoms. The summed E-state index contributed by atoms with van der Waals surface area (Å²) in [6, 6.07) is 4.14. The Labute approximate surface area is 150 Å². The number of nitrogens with one attached hydrogen (secondary N) is 1. The number of esters is 1. The second kappa shape index (κ2) is 6.64. The molecule has 3 rings (SSSR count). The lowest BCUT2D eigenvalue weighted by atomic mass is 10.4. The van der Waals surface area contributed by atoms with Crippen molar-refractivity contribution in [1.82, 2.24) is 19.7 Å². The number of pyridine rings is 1. The van der Waals surface area contributed by atoms with Crippen molar-refractivity contribution in [3.8, 4) is 5.82 Å². The number of aromatic nitrogens is 4. The Balaban J connectivity index is 1.84. The number of halogens is 1. The van der Waals surface area contributed by atoms with E-state index in [0.29, 0.717) is 5.82 Å². The van der Waals surface area contributed by atoms with Crippen LogP contribution in [0.25, 0.3) is 5.82 Å². The van der Waals surface area contributed by atoms with E-state index in [1.165, 1.54) is 29.6 Å². The molecule has 0 aliphatic rings. The maximum Gasteiger partial charge on any atom is 0.374 e. The van der Waals surface area contributed by atoms with Gasteiger partial charge < -0.3 is 9.15 Å². The van der Waals surface area contributed by atoms with Crippen LogP contribution in [0.2, 0.25) is 0 Å². The fraction of sp³-hybridized carbons (Fsp3) is 0.0769. The number of ether oxygens (including phenoxy) is 1. The van der Waals surface area contributed by atoms with Gasteiger partial charge in [0.2, 0.25) is 5.76 Å². The Kier molecular flexibility index (Phi) is 4.55. The number of nitrogens with zero attached hydrogens (tertiary/aromatic N) is 4. The first-order chi connectivity index (χ1) is 11.9. The molecule has 3 heterocycles. The molecule has 3 aromatic heterocycles. The number of anilines is 1. The van der Waals surface area contributed by atoms with Crippen LogP contribution in [0.1, 0.15) is 10.6 Å². The number of rotatable bonds is 5. The molecule has 0 saturated carbocycles. The Morgan fingerprint density at radius 2 is 2.20 bits per heavy atom. The zero-order chi connectivity index (χ0) is 18.0.